The maximum Gasteiger partial charge on any atom is 0.336 e. The van der Waals surface area contributed by atoms with Crippen LogP contribution in [0.3, 0.4) is 0 Å². The third-order valence-corrected chi connectivity index (χ3v) is 7.05. The fraction of sp³-hybridized carbons (Fsp3) is 0.292. The number of nitrogens with one attached hydrogen (secondary N) is 2. The van der Waals surface area contributed by atoms with Gasteiger partial charge in [0.1, 0.15) is 6.04 Å². The lowest BCUT2D eigenvalue weighted by Crippen LogP contribution is -2.50. The highest BCUT2D eigenvalue weighted by atomic mass is 79.9. The number of hydrogen-bond acceptors (Lipinski definition) is 8. The van der Waals surface area contributed by atoms with Crippen LogP contribution < -0.4 is 10.6 Å². The average molecular weight is 543 g/mol. The van der Waals surface area contributed by atoms with Crippen molar-refractivity contribution >= 4 is 45.1 Å². The number of thiophene rings is 1. The lowest BCUT2D eigenvalue weighted by molar-refractivity contribution is -0.165. The highest BCUT2D eigenvalue weighted by molar-refractivity contribution is 9.10. The lowest BCUT2D eigenvalue weighted by Gasteiger charge is -2.25. The summed E-state index contributed by atoms with van der Waals surface area (Å²) in [6, 6.07) is 9.99. The highest BCUT2D eigenvalue weighted by Crippen LogP contribution is 2.20. The van der Waals surface area contributed by atoms with E-state index in [1.54, 1.807) is 18.5 Å². The molecular weight excluding hydrogens is 520 g/mol. The maximum absolute atomic E-state index is 12.9. The van der Waals surface area contributed by atoms with Crippen molar-refractivity contribution < 1.29 is 19.1 Å². The molecule has 3 aromatic rings. The Labute approximate surface area is 209 Å². The summed E-state index contributed by atoms with van der Waals surface area (Å²) >= 11 is 4.69. The van der Waals surface area contributed by atoms with Crippen LogP contribution in [-0.4, -0.2) is 46.9 Å². The number of rotatable bonds is 8. The number of benzene rings is 1. The van der Waals surface area contributed by atoms with Gasteiger partial charge >= 0.3 is 11.9 Å². The molecule has 10 heteroatoms. The van der Waals surface area contributed by atoms with Crippen LogP contribution in [-0.2, 0) is 27.2 Å². The van der Waals surface area contributed by atoms with E-state index < -0.39 is 18.0 Å². The Morgan fingerprint density at radius 3 is 2.44 bits per heavy atom. The minimum atomic E-state index is -1.01. The van der Waals surface area contributed by atoms with Gasteiger partial charge in [0, 0.05) is 42.3 Å². The summed E-state index contributed by atoms with van der Waals surface area (Å²) in [5, 5.41) is 5.73. The monoisotopic (exact) mass is 542 g/mol. The van der Waals surface area contributed by atoms with Crippen LogP contribution in [0.15, 0.2) is 53.3 Å². The zero-order valence-corrected chi connectivity index (χ0v) is 20.8. The predicted molar refractivity (Wildman–Crippen MR) is 131 cm³/mol. The molecule has 4 rings (SSSR count). The van der Waals surface area contributed by atoms with Crippen LogP contribution in [0.2, 0.25) is 0 Å². The Balaban J connectivity index is 1.49. The minimum absolute atomic E-state index is 0.175. The number of hydrogen-bond donors (Lipinski definition) is 2. The van der Waals surface area contributed by atoms with Crippen molar-refractivity contribution in [3.05, 3.63) is 68.6 Å². The van der Waals surface area contributed by atoms with Gasteiger partial charge in [-0.2, -0.15) is 0 Å². The number of halogens is 1. The number of carbonyl (C=O) groups is 3. The zero-order chi connectivity index (χ0) is 24.1. The van der Waals surface area contributed by atoms with E-state index in [1.165, 1.54) is 11.3 Å². The van der Waals surface area contributed by atoms with Gasteiger partial charge in [0.15, 0.2) is 5.82 Å². The first-order valence-corrected chi connectivity index (χ1v) is 12.5. The Morgan fingerprint density at radius 2 is 1.85 bits per heavy atom. The Morgan fingerprint density at radius 1 is 1.15 bits per heavy atom. The topological polar surface area (TPSA) is 110 Å². The molecule has 0 saturated carbocycles. The normalized spacial score (nSPS) is 14.2. The van der Waals surface area contributed by atoms with E-state index >= 15 is 0 Å². The lowest BCUT2D eigenvalue weighted by atomic mass is 10.0. The second kappa shape index (κ2) is 11.0. The molecule has 2 N–H and O–H groups in total. The maximum atomic E-state index is 12.9. The van der Waals surface area contributed by atoms with Crippen LogP contribution in [0.25, 0.3) is 11.4 Å². The first kappa shape index (κ1) is 24.2. The van der Waals surface area contributed by atoms with Crippen LogP contribution in [0.5, 0.6) is 0 Å². The molecule has 1 saturated heterocycles. The third kappa shape index (κ3) is 5.94. The number of aryl methyl sites for hydroxylation is 1. The number of amides is 1. The van der Waals surface area contributed by atoms with Gasteiger partial charge < -0.3 is 15.4 Å². The number of aromatic nitrogens is 2. The van der Waals surface area contributed by atoms with Gasteiger partial charge in [0.25, 0.3) is 5.91 Å². The van der Waals surface area contributed by atoms with E-state index in [0.717, 1.165) is 26.9 Å². The van der Waals surface area contributed by atoms with Gasteiger partial charge in [-0.1, -0.05) is 31.2 Å². The van der Waals surface area contributed by atoms with Crippen molar-refractivity contribution in [1.82, 2.24) is 20.6 Å². The van der Waals surface area contributed by atoms with E-state index in [2.05, 4.69) is 36.5 Å². The summed E-state index contributed by atoms with van der Waals surface area (Å²) in [6.45, 7) is 2.98. The van der Waals surface area contributed by atoms with Gasteiger partial charge in [-0.15, -0.1) is 11.3 Å². The summed E-state index contributed by atoms with van der Waals surface area (Å²) < 4.78 is 5.89. The highest BCUT2D eigenvalue weighted by Gasteiger charge is 2.32. The first-order valence-electron chi connectivity index (χ1n) is 10.9. The van der Waals surface area contributed by atoms with Crippen molar-refractivity contribution in [2.45, 2.75) is 25.8 Å². The molecule has 1 aliphatic rings. The van der Waals surface area contributed by atoms with Gasteiger partial charge in [-0.3, -0.25) is 9.59 Å². The van der Waals surface area contributed by atoms with E-state index in [4.69, 9.17) is 4.74 Å². The van der Waals surface area contributed by atoms with Crippen LogP contribution in [0.4, 0.5) is 0 Å². The molecule has 1 atom stereocenters. The van der Waals surface area contributed by atoms with Crippen molar-refractivity contribution in [3.63, 3.8) is 0 Å². The molecule has 0 unspecified atom stereocenters. The Bertz CT molecular complexity index is 1180. The molecule has 1 aromatic carbocycles. The molecule has 176 valence electrons. The summed E-state index contributed by atoms with van der Waals surface area (Å²) in [5.74, 6) is -1.48. The van der Waals surface area contributed by atoms with Crippen molar-refractivity contribution in [2.75, 3.05) is 13.1 Å². The standard InChI is InChI=1S/C24H23BrN4O4S/c1-2-18-7-8-20(34-18)22(30)29-19(24(32)33-23(31)16-10-26-11-16)9-14-3-5-15(6-4-14)21-27-12-17(25)13-28-21/h3-8,12-13,16,19,26H,2,9-11H2,1H3,(H,29,30)/t19-/m0/s1. The average Bonchev–Trinajstić information content (AvgIpc) is 3.28. The van der Waals surface area contributed by atoms with Crippen LogP contribution >= 0.6 is 27.3 Å². The predicted octanol–water partition coefficient (Wildman–Crippen LogP) is 3.16. The molecule has 0 radical (unpaired) electrons. The Hall–Kier alpha value is -2.95. The molecule has 0 aliphatic carbocycles. The van der Waals surface area contributed by atoms with E-state index in [9.17, 15) is 14.4 Å². The minimum Gasteiger partial charge on any atom is -0.391 e. The molecular formula is C24H23BrN4O4S. The molecule has 0 spiro atoms. The summed E-state index contributed by atoms with van der Waals surface area (Å²) in [6.07, 6.45) is 4.33. The van der Waals surface area contributed by atoms with E-state index in [1.807, 2.05) is 37.3 Å². The molecule has 8 nitrogen and oxygen atoms in total. The van der Waals surface area contributed by atoms with E-state index in [0.29, 0.717) is 23.8 Å². The summed E-state index contributed by atoms with van der Waals surface area (Å²) in [5.41, 5.74) is 1.61. The Kier molecular flexibility index (Phi) is 7.81. The van der Waals surface area contributed by atoms with Gasteiger partial charge in [0.05, 0.1) is 15.3 Å². The fourth-order valence-electron chi connectivity index (χ4n) is 3.31. The second-order valence-corrected chi connectivity index (χ2v) is 9.95. The van der Waals surface area contributed by atoms with Crippen LogP contribution in [0.1, 0.15) is 27.0 Å². The second-order valence-electron chi connectivity index (χ2n) is 7.87. The summed E-state index contributed by atoms with van der Waals surface area (Å²) in [4.78, 5) is 48.0. The van der Waals surface area contributed by atoms with Crippen LogP contribution in [0, 0.1) is 5.92 Å². The number of esters is 2. The number of nitrogens with zero attached hydrogens (tertiary/aromatic N) is 2. The third-order valence-electron chi connectivity index (χ3n) is 5.41. The molecule has 1 aliphatic heterocycles. The van der Waals surface area contributed by atoms with E-state index in [-0.39, 0.29) is 18.2 Å². The fourth-order valence-corrected chi connectivity index (χ4v) is 4.36. The van der Waals surface area contributed by atoms with Gasteiger partial charge in [-0.25, -0.2) is 14.8 Å². The molecule has 1 fully saturated rings. The van der Waals surface area contributed by atoms with Gasteiger partial charge in [-0.05, 0) is 40.0 Å². The summed E-state index contributed by atoms with van der Waals surface area (Å²) in [7, 11) is 0. The first-order chi connectivity index (χ1) is 16.4. The number of carbonyl (C=O) groups excluding carboxylic acids is 3. The molecule has 34 heavy (non-hydrogen) atoms. The molecule has 1 amide bonds. The quantitative estimate of drug-likeness (QED) is 0.332. The largest absolute Gasteiger partial charge is 0.391 e. The van der Waals surface area contributed by atoms with Crippen molar-refractivity contribution in [2.24, 2.45) is 5.92 Å². The van der Waals surface area contributed by atoms with Gasteiger partial charge in [0.2, 0.25) is 0 Å². The van der Waals surface area contributed by atoms with Crippen molar-refractivity contribution in [3.8, 4) is 11.4 Å². The molecule has 2 aromatic heterocycles. The smallest absolute Gasteiger partial charge is 0.336 e. The molecule has 3 heterocycles. The molecule has 0 bridgehead atoms. The zero-order valence-electron chi connectivity index (χ0n) is 18.4. The SMILES string of the molecule is CCc1ccc(C(=O)N[C@@H](Cc2ccc(-c3ncc(Br)cn3)cc2)C(=O)OC(=O)C2CNC2)s1. The number of ether oxygens (including phenoxy) is 1. The van der Waals surface area contributed by atoms with Crippen molar-refractivity contribution in [1.29, 1.82) is 0 Å².